The SMILES string of the molecule is C=C(C)C(=O)OCCCCCCCCCC[Si](N=C=O)(N=C=O)N=C=O. The Kier molecular flexibility index (Phi) is 13.5. The molecule has 26 heavy (non-hydrogen) atoms. The van der Waals surface area contributed by atoms with Gasteiger partial charge >= 0.3 is 14.5 Å². The molecular weight excluding hydrogens is 354 g/mol. The number of nitrogens with zero attached hydrogens (tertiary/aromatic N) is 3. The molecule has 0 unspecified atom stereocenters. The van der Waals surface area contributed by atoms with Crippen LogP contribution in [0.3, 0.4) is 0 Å². The maximum absolute atomic E-state index is 11.2. The van der Waals surface area contributed by atoms with E-state index in [2.05, 4.69) is 20.6 Å². The zero-order chi connectivity index (χ0) is 19.7. The number of isocyanates is 3. The first kappa shape index (κ1) is 23.6. The average molecular weight is 379 g/mol. The van der Waals surface area contributed by atoms with Gasteiger partial charge in [-0.1, -0.05) is 51.5 Å². The van der Waals surface area contributed by atoms with Crippen molar-refractivity contribution in [1.82, 2.24) is 0 Å². The van der Waals surface area contributed by atoms with Crippen molar-refractivity contribution in [3.05, 3.63) is 12.2 Å². The van der Waals surface area contributed by atoms with E-state index >= 15 is 0 Å². The zero-order valence-electron chi connectivity index (χ0n) is 15.2. The lowest BCUT2D eigenvalue weighted by Crippen LogP contribution is -2.27. The van der Waals surface area contributed by atoms with Crippen molar-refractivity contribution in [2.45, 2.75) is 64.3 Å². The molecule has 8 nitrogen and oxygen atoms in total. The fourth-order valence-corrected chi connectivity index (χ4v) is 3.92. The van der Waals surface area contributed by atoms with Gasteiger partial charge in [0.1, 0.15) is 0 Å². The number of rotatable bonds is 15. The minimum Gasteiger partial charge on any atom is -0.462 e. The summed E-state index contributed by atoms with van der Waals surface area (Å²) in [5.74, 6) is -0.346. The molecule has 0 aliphatic carbocycles. The van der Waals surface area contributed by atoms with E-state index in [9.17, 15) is 19.2 Å². The molecule has 0 spiro atoms. The maximum atomic E-state index is 11.2. The minimum atomic E-state index is -3.35. The standard InChI is InChI=1S/C17H25N3O5Si/c1-16(2)17(24)25-11-9-7-5-3-4-6-8-10-12-26(18-13-21,19-14-22)20-15-23/h1,3-12H2,2H3. The maximum Gasteiger partial charge on any atom is 0.467 e. The van der Waals surface area contributed by atoms with E-state index in [4.69, 9.17) is 4.74 Å². The highest BCUT2D eigenvalue weighted by molar-refractivity contribution is 6.76. The van der Waals surface area contributed by atoms with Crippen LogP contribution in [0.25, 0.3) is 0 Å². The van der Waals surface area contributed by atoms with Crippen LogP contribution in [0.2, 0.25) is 6.04 Å². The minimum absolute atomic E-state index is 0.292. The summed E-state index contributed by atoms with van der Waals surface area (Å²) in [5, 5.41) is 0. The second kappa shape index (κ2) is 14.9. The Hall–Kier alpha value is -2.43. The van der Waals surface area contributed by atoms with Crippen LogP contribution in [-0.4, -0.2) is 39.4 Å². The fraction of sp³-hybridized carbons (Fsp3) is 0.647. The molecular formula is C17H25N3O5Si. The second-order valence-corrected chi connectivity index (χ2v) is 8.60. The Balaban J connectivity index is 3.82. The molecule has 0 N–H and O–H groups in total. The molecule has 0 amide bonds. The normalized spacial score (nSPS) is 11.9. The molecule has 0 aromatic heterocycles. The van der Waals surface area contributed by atoms with Crippen molar-refractivity contribution >= 4 is 32.8 Å². The van der Waals surface area contributed by atoms with Gasteiger partial charge in [-0.2, -0.15) is 14.0 Å². The van der Waals surface area contributed by atoms with E-state index < -0.39 is 8.56 Å². The molecule has 0 aromatic carbocycles. The summed E-state index contributed by atoms with van der Waals surface area (Å²) in [6, 6.07) is 0.292. The number of carbonyl (C=O) groups is 1. The topological polar surface area (TPSA) is 115 Å². The number of ether oxygens (including phenoxy) is 1. The van der Waals surface area contributed by atoms with Gasteiger partial charge in [0.05, 0.1) is 6.61 Å². The molecule has 0 saturated carbocycles. The summed E-state index contributed by atoms with van der Waals surface area (Å²) in [7, 11) is -3.35. The van der Waals surface area contributed by atoms with Crippen molar-refractivity contribution in [3.8, 4) is 0 Å². The molecule has 0 bridgehead atoms. The third-order valence-electron chi connectivity index (χ3n) is 3.66. The van der Waals surface area contributed by atoms with Crippen molar-refractivity contribution in [2.24, 2.45) is 14.0 Å². The van der Waals surface area contributed by atoms with E-state index in [1.165, 1.54) is 18.2 Å². The van der Waals surface area contributed by atoms with Gasteiger partial charge in [-0.3, -0.25) is 0 Å². The first-order valence-electron chi connectivity index (χ1n) is 8.61. The van der Waals surface area contributed by atoms with Gasteiger partial charge in [-0.15, -0.1) is 0 Å². The van der Waals surface area contributed by atoms with Crippen LogP contribution in [0.4, 0.5) is 0 Å². The summed E-state index contributed by atoms with van der Waals surface area (Å²) in [4.78, 5) is 42.5. The molecule has 9 heteroatoms. The Morgan fingerprint density at radius 2 is 1.27 bits per heavy atom. The highest BCUT2D eigenvalue weighted by atomic mass is 28.4. The van der Waals surface area contributed by atoms with Gasteiger partial charge in [0.25, 0.3) is 0 Å². The Labute approximate surface area is 154 Å². The van der Waals surface area contributed by atoms with Gasteiger partial charge in [0.15, 0.2) is 0 Å². The van der Waals surface area contributed by atoms with Crippen molar-refractivity contribution in [1.29, 1.82) is 0 Å². The van der Waals surface area contributed by atoms with Crippen molar-refractivity contribution in [3.63, 3.8) is 0 Å². The lowest BCUT2D eigenvalue weighted by atomic mass is 10.1. The first-order valence-corrected chi connectivity index (χ1v) is 10.7. The van der Waals surface area contributed by atoms with Crippen LogP contribution in [0, 0.1) is 0 Å². The van der Waals surface area contributed by atoms with Crippen LogP contribution in [-0.2, 0) is 23.9 Å². The van der Waals surface area contributed by atoms with Gasteiger partial charge < -0.3 is 4.74 Å². The van der Waals surface area contributed by atoms with Crippen LogP contribution in [0.15, 0.2) is 26.1 Å². The molecule has 0 fully saturated rings. The quantitative estimate of drug-likeness (QED) is 0.108. The van der Waals surface area contributed by atoms with E-state index in [0.29, 0.717) is 24.6 Å². The first-order chi connectivity index (χ1) is 12.5. The Morgan fingerprint density at radius 3 is 1.69 bits per heavy atom. The van der Waals surface area contributed by atoms with Gasteiger partial charge in [0, 0.05) is 11.6 Å². The smallest absolute Gasteiger partial charge is 0.462 e. The van der Waals surface area contributed by atoms with Gasteiger partial charge in [-0.05, 0) is 13.3 Å². The van der Waals surface area contributed by atoms with Crippen LogP contribution >= 0.6 is 0 Å². The Morgan fingerprint density at radius 1 is 0.846 bits per heavy atom. The predicted molar refractivity (Wildman–Crippen MR) is 97.6 cm³/mol. The molecule has 142 valence electrons. The summed E-state index contributed by atoms with van der Waals surface area (Å²) >= 11 is 0. The van der Waals surface area contributed by atoms with Gasteiger partial charge in [0.2, 0.25) is 18.2 Å². The van der Waals surface area contributed by atoms with Crippen LogP contribution in [0.5, 0.6) is 0 Å². The second-order valence-electron chi connectivity index (χ2n) is 5.88. The fourth-order valence-electron chi connectivity index (χ4n) is 2.27. The third-order valence-corrected chi connectivity index (χ3v) is 6.03. The number of hydrogen-bond acceptors (Lipinski definition) is 8. The average Bonchev–Trinajstić information content (AvgIpc) is 2.60. The molecule has 0 aliphatic heterocycles. The van der Waals surface area contributed by atoms with E-state index in [1.54, 1.807) is 6.92 Å². The number of hydrogen-bond donors (Lipinski definition) is 0. The molecule has 0 rings (SSSR count). The van der Waals surface area contributed by atoms with Gasteiger partial charge in [-0.25, -0.2) is 19.2 Å². The molecule has 0 atom stereocenters. The van der Waals surface area contributed by atoms with Crippen molar-refractivity contribution in [2.75, 3.05) is 6.61 Å². The van der Waals surface area contributed by atoms with Crippen LogP contribution in [0.1, 0.15) is 58.3 Å². The molecule has 0 saturated heterocycles. The molecule has 0 radical (unpaired) electrons. The van der Waals surface area contributed by atoms with Crippen molar-refractivity contribution < 1.29 is 23.9 Å². The summed E-state index contributed by atoms with van der Waals surface area (Å²) in [5.41, 5.74) is 0.411. The van der Waals surface area contributed by atoms with E-state index in [1.807, 2.05) is 0 Å². The summed E-state index contributed by atoms with van der Waals surface area (Å²) in [6.07, 6.45) is 11.5. The molecule has 0 aromatic rings. The number of carbonyl (C=O) groups excluding carboxylic acids is 4. The third kappa shape index (κ3) is 11.2. The lowest BCUT2D eigenvalue weighted by molar-refractivity contribution is -0.139. The molecule has 0 heterocycles. The lowest BCUT2D eigenvalue weighted by Gasteiger charge is -2.10. The predicted octanol–water partition coefficient (Wildman–Crippen LogP) is 3.17. The summed E-state index contributed by atoms with van der Waals surface area (Å²) in [6.45, 7) is 5.56. The number of unbranched alkanes of at least 4 members (excludes halogenated alkanes) is 7. The number of esters is 1. The monoisotopic (exact) mass is 379 g/mol. The van der Waals surface area contributed by atoms with E-state index in [0.717, 1.165) is 44.9 Å². The van der Waals surface area contributed by atoms with Crippen LogP contribution < -0.4 is 0 Å². The van der Waals surface area contributed by atoms with E-state index in [-0.39, 0.29) is 5.97 Å². The summed E-state index contributed by atoms with van der Waals surface area (Å²) < 4.78 is 15.4. The molecule has 0 aliphatic rings. The highest BCUT2D eigenvalue weighted by Gasteiger charge is 2.35. The largest absolute Gasteiger partial charge is 0.467 e. The zero-order valence-corrected chi connectivity index (χ0v) is 16.2. The Bertz CT molecular complexity index is 558. The highest BCUT2D eigenvalue weighted by Crippen LogP contribution is 2.19.